The van der Waals surface area contributed by atoms with Gasteiger partial charge in [0.15, 0.2) is 0 Å². The number of anilines is 3. The summed E-state index contributed by atoms with van der Waals surface area (Å²) in [6, 6.07) is 78.1. The molecule has 0 N–H and O–H groups in total. The highest BCUT2D eigenvalue weighted by atomic mass is 16.3. The first-order valence-electron chi connectivity index (χ1n) is 20.8. The minimum absolute atomic E-state index is 0.219. The van der Waals surface area contributed by atoms with Crippen molar-refractivity contribution in [1.82, 2.24) is 0 Å². The fraction of sp³-hybridized carbons (Fsp3) is 0.0690. The zero-order valence-corrected chi connectivity index (χ0v) is 34.1. The Bertz CT molecular complexity index is 3060. The van der Waals surface area contributed by atoms with E-state index in [0.717, 1.165) is 39.0 Å². The van der Waals surface area contributed by atoms with Crippen LogP contribution in [-0.2, 0) is 5.41 Å². The van der Waals surface area contributed by atoms with Crippen LogP contribution in [0.2, 0.25) is 0 Å². The summed E-state index contributed by atoms with van der Waals surface area (Å²) in [6.45, 7) is 6.89. The number of nitrogens with zero attached hydrogens (tertiary/aromatic N) is 1. The Balaban J connectivity index is 0.000000666. The maximum atomic E-state index is 6.43. The Labute approximate surface area is 352 Å². The van der Waals surface area contributed by atoms with E-state index in [1.54, 1.807) is 0 Å². The zero-order chi connectivity index (χ0) is 40.6. The maximum absolute atomic E-state index is 6.43. The fourth-order valence-corrected chi connectivity index (χ4v) is 8.86. The first-order chi connectivity index (χ1) is 29.4. The maximum Gasteiger partial charge on any atom is 0.136 e. The van der Waals surface area contributed by atoms with Gasteiger partial charge in [-0.2, -0.15) is 0 Å². The van der Waals surface area contributed by atoms with Crippen molar-refractivity contribution in [2.45, 2.75) is 26.2 Å². The van der Waals surface area contributed by atoms with Crippen LogP contribution in [0.4, 0.5) is 17.1 Å². The number of para-hydroxylation sites is 1. The lowest BCUT2D eigenvalue weighted by Crippen LogP contribution is -2.16. The summed E-state index contributed by atoms with van der Waals surface area (Å²) in [5.41, 5.74) is 18.7. The summed E-state index contributed by atoms with van der Waals surface area (Å²) in [6.07, 6.45) is 0. The van der Waals surface area contributed by atoms with E-state index in [1.807, 2.05) is 42.5 Å². The van der Waals surface area contributed by atoms with Crippen molar-refractivity contribution in [3.05, 3.63) is 235 Å². The summed E-state index contributed by atoms with van der Waals surface area (Å²) in [7, 11) is 0. The second-order valence-electron chi connectivity index (χ2n) is 16.2. The second kappa shape index (κ2) is 15.4. The van der Waals surface area contributed by atoms with Gasteiger partial charge in [0.05, 0.1) is 0 Å². The molecule has 9 aromatic carbocycles. The Hall–Kier alpha value is -7.42. The molecule has 0 amide bonds. The predicted octanol–water partition coefficient (Wildman–Crippen LogP) is 16.4. The van der Waals surface area contributed by atoms with Crippen molar-refractivity contribution in [3.8, 4) is 44.5 Å². The molecule has 0 unspecified atom stereocenters. The third kappa shape index (κ3) is 6.76. The average molecular weight is 772 g/mol. The average Bonchev–Trinajstić information content (AvgIpc) is 3.78. The number of aryl methyl sites for hydroxylation is 1. The van der Waals surface area contributed by atoms with Gasteiger partial charge in [-0.05, 0) is 123 Å². The van der Waals surface area contributed by atoms with Crippen LogP contribution in [0.1, 0.15) is 30.5 Å². The van der Waals surface area contributed by atoms with Crippen molar-refractivity contribution in [1.29, 1.82) is 0 Å². The van der Waals surface area contributed by atoms with Crippen LogP contribution >= 0.6 is 0 Å². The summed E-state index contributed by atoms with van der Waals surface area (Å²) in [4.78, 5) is 2.38. The lowest BCUT2D eigenvalue weighted by atomic mass is 9.81. The van der Waals surface area contributed by atoms with Gasteiger partial charge in [0.1, 0.15) is 11.2 Å². The van der Waals surface area contributed by atoms with Gasteiger partial charge in [-0.25, -0.2) is 0 Å². The number of fused-ring (bicyclic) bond motifs is 6. The van der Waals surface area contributed by atoms with Gasteiger partial charge in [0.2, 0.25) is 0 Å². The van der Waals surface area contributed by atoms with E-state index in [-0.39, 0.29) is 5.41 Å². The number of rotatable bonds is 6. The molecule has 1 aliphatic carbocycles. The Morgan fingerprint density at radius 1 is 0.350 bits per heavy atom. The smallest absolute Gasteiger partial charge is 0.136 e. The normalized spacial score (nSPS) is 12.4. The third-order valence-corrected chi connectivity index (χ3v) is 12.0. The Morgan fingerprint density at radius 3 is 1.50 bits per heavy atom. The molecular weight excluding hydrogens is 727 g/mol. The lowest BCUT2D eigenvalue weighted by molar-refractivity contribution is 0.660. The molecule has 0 atom stereocenters. The first kappa shape index (κ1) is 36.9. The molecule has 2 nitrogen and oxygen atoms in total. The standard InChI is InChI=1S/C52H39NO.C6H6/c1-34-18-23-39(24-19-34)53(40-25-20-36(21-26-40)35-12-6-4-7-13-35)41-27-29-43-42-28-22-38(30-48(42)52(2,3)49(43)31-41)46-33-51-47(44-16-10-11-17-50(44)54-51)32-45(46)37-14-8-5-9-15-37;1-2-4-6-5-3-1/h4-33H,1-3H3;1-6H. The SMILES string of the molecule is Cc1ccc(N(c2ccc(-c3ccccc3)cc2)c2ccc3c(c2)C(C)(C)c2cc(-c4cc5oc6ccccc6c5cc4-c4ccccc4)ccc2-3)cc1.c1ccccc1. The van der Waals surface area contributed by atoms with E-state index >= 15 is 0 Å². The van der Waals surface area contributed by atoms with Crippen LogP contribution in [0, 0.1) is 6.92 Å². The molecule has 2 heteroatoms. The molecule has 1 aliphatic rings. The minimum atomic E-state index is -0.219. The van der Waals surface area contributed by atoms with E-state index in [0.29, 0.717) is 0 Å². The molecule has 0 aliphatic heterocycles. The molecule has 0 saturated heterocycles. The summed E-state index contributed by atoms with van der Waals surface area (Å²) in [5, 5.41) is 2.28. The molecule has 10 aromatic rings. The van der Waals surface area contributed by atoms with Crippen molar-refractivity contribution >= 4 is 39.0 Å². The molecular formula is C58H45NO. The van der Waals surface area contributed by atoms with E-state index < -0.39 is 0 Å². The molecule has 0 radical (unpaired) electrons. The molecule has 0 saturated carbocycles. The quantitative estimate of drug-likeness (QED) is 0.167. The van der Waals surface area contributed by atoms with Crippen LogP contribution in [0.3, 0.4) is 0 Å². The van der Waals surface area contributed by atoms with Gasteiger partial charge >= 0.3 is 0 Å². The highest BCUT2D eigenvalue weighted by Crippen LogP contribution is 2.52. The van der Waals surface area contributed by atoms with Gasteiger partial charge < -0.3 is 9.32 Å². The van der Waals surface area contributed by atoms with Crippen LogP contribution in [0.25, 0.3) is 66.4 Å². The zero-order valence-electron chi connectivity index (χ0n) is 34.1. The van der Waals surface area contributed by atoms with Crippen LogP contribution < -0.4 is 4.90 Å². The molecule has 1 aromatic heterocycles. The predicted molar refractivity (Wildman–Crippen MR) is 253 cm³/mol. The number of furan rings is 1. The Morgan fingerprint density at radius 2 is 0.833 bits per heavy atom. The molecule has 0 fully saturated rings. The number of hydrogen-bond acceptors (Lipinski definition) is 2. The van der Waals surface area contributed by atoms with E-state index in [9.17, 15) is 0 Å². The minimum Gasteiger partial charge on any atom is -0.456 e. The fourth-order valence-electron chi connectivity index (χ4n) is 8.86. The third-order valence-electron chi connectivity index (χ3n) is 12.0. The van der Waals surface area contributed by atoms with Crippen molar-refractivity contribution in [2.24, 2.45) is 0 Å². The molecule has 60 heavy (non-hydrogen) atoms. The molecule has 0 spiro atoms. The van der Waals surface area contributed by atoms with Gasteiger partial charge in [0, 0.05) is 33.2 Å². The monoisotopic (exact) mass is 771 g/mol. The summed E-state index contributed by atoms with van der Waals surface area (Å²) >= 11 is 0. The topological polar surface area (TPSA) is 16.4 Å². The van der Waals surface area contributed by atoms with Crippen LogP contribution in [0.5, 0.6) is 0 Å². The Kier molecular flexibility index (Phi) is 9.47. The van der Waals surface area contributed by atoms with Crippen molar-refractivity contribution < 1.29 is 4.42 Å². The van der Waals surface area contributed by atoms with Crippen molar-refractivity contribution in [2.75, 3.05) is 4.90 Å². The molecule has 11 rings (SSSR count). The summed E-state index contributed by atoms with van der Waals surface area (Å²) in [5.74, 6) is 0. The van der Waals surface area contributed by atoms with Crippen LogP contribution in [-0.4, -0.2) is 0 Å². The van der Waals surface area contributed by atoms with E-state index in [1.165, 1.54) is 61.2 Å². The first-order valence-corrected chi connectivity index (χ1v) is 20.8. The molecule has 288 valence electrons. The van der Waals surface area contributed by atoms with E-state index in [4.69, 9.17) is 4.42 Å². The molecule has 0 bridgehead atoms. The highest BCUT2D eigenvalue weighted by Gasteiger charge is 2.36. The van der Waals surface area contributed by atoms with Crippen molar-refractivity contribution in [3.63, 3.8) is 0 Å². The second-order valence-corrected chi connectivity index (χ2v) is 16.2. The number of benzene rings is 9. The van der Waals surface area contributed by atoms with Crippen LogP contribution in [0.15, 0.2) is 223 Å². The lowest BCUT2D eigenvalue weighted by Gasteiger charge is -2.28. The highest BCUT2D eigenvalue weighted by molar-refractivity contribution is 6.09. The van der Waals surface area contributed by atoms with Gasteiger partial charge in [-0.3, -0.25) is 0 Å². The number of hydrogen-bond donors (Lipinski definition) is 0. The van der Waals surface area contributed by atoms with Gasteiger partial charge in [0.25, 0.3) is 0 Å². The summed E-state index contributed by atoms with van der Waals surface area (Å²) < 4.78 is 6.43. The van der Waals surface area contributed by atoms with Gasteiger partial charge in [-0.1, -0.05) is 177 Å². The largest absolute Gasteiger partial charge is 0.456 e. The van der Waals surface area contributed by atoms with Gasteiger partial charge in [-0.15, -0.1) is 0 Å². The molecule has 1 heterocycles. The van der Waals surface area contributed by atoms with E-state index in [2.05, 4.69) is 202 Å².